The second kappa shape index (κ2) is 19.4. The molecule has 0 fully saturated rings. The van der Waals surface area contributed by atoms with Gasteiger partial charge in [0.1, 0.15) is 26.4 Å². The molecule has 1 atom stereocenters. The van der Waals surface area contributed by atoms with Gasteiger partial charge in [-0.2, -0.15) is 9.79 Å². The number of nitrogens with zero attached hydrogens (tertiary/aromatic N) is 1. The predicted octanol–water partition coefficient (Wildman–Crippen LogP) is 4.56. The largest absolute Gasteiger partial charge is 0.570 e. The van der Waals surface area contributed by atoms with Crippen molar-refractivity contribution >= 4 is 20.1 Å². The normalized spacial score (nSPS) is 13.0. The van der Waals surface area contributed by atoms with E-state index in [4.69, 9.17) is 18.5 Å². The molecule has 0 unspecified atom stereocenters. The van der Waals surface area contributed by atoms with Gasteiger partial charge < -0.3 is 14.0 Å². The molecule has 0 radical (unpaired) electrons. The Hall–Kier alpha value is -0.830. The Kier molecular flexibility index (Phi) is 18.9. The first-order valence-corrected chi connectivity index (χ1v) is 14.3. The topological polar surface area (TPSA) is 112 Å². The van der Waals surface area contributed by atoms with Crippen molar-refractivity contribution in [1.82, 2.24) is 0 Å². The van der Waals surface area contributed by atoms with E-state index < -0.39 is 20.2 Å². The van der Waals surface area contributed by atoms with Gasteiger partial charge in [0.25, 0.3) is 0 Å². The van der Waals surface area contributed by atoms with Gasteiger partial charge in [0.2, 0.25) is 0 Å². The highest BCUT2D eigenvalue weighted by atomic mass is 31.2. The third kappa shape index (κ3) is 21.7. The number of likely N-dealkylation sites (N-methyl/N-ethyl adjacent to an activating group) is 1. The molecule has 0 rings (SSSR count). The van der Waals surface area contributed by atoms with Crippen molar-refractivity contribution in [2.75, 3.05) is 47.5 Å². The Bertz CT molecular complexity index is 540. The molecule has 0 saturated carbocycles. The molecule has 0 bridgehead atoms. The van der Waals surface area contributed by atoms with Crippen molar-refractivity contribution in [3.05, 3.63) is 0 Å². The van der Waals surface area contributed by atoms with E-state index in [1.54, 1.807) is 0 Å². The van der Waals surface area contributed by atoms with Gasteiger partial charge in [0, 0.05) is 12.8 Å². The van der Waals surface area contributed by atoms with Gasteiger partial charge in [-0.3, -0.25) is 9.59 Å². The zero-order valence-electron chi connectivity index (χ0n) is 22.1. The fraction of sp³-hybridized carbons (Fsp3) is 0.917. The summed E-state index contributed by atoms with van der Waals surface area (Å²) in [7, 11) is 1.78. The minimum Gasteiger partial charge on any atom is -0.462 e. The van der Waals surface area contributed by atoms with Gasteiger partial charge in [-0.15, -0.1) is 9.05 Å². The van der Waals surface area contributed by atoms with Crippen LogP contribution in [0.15, 0.2) is 0 Å². The van der Waals surface area contributed by atoms with Crippen LogP contribution in [-0.4, -0.2) is 79.8 Å². The van der Waals surface area contributed by atoms with Crippen molar-refractivity contribution in [1.29, 1.82) is 0 Å². The van der Waals surface area contributed by atoms with Gasteiger partial charge in [-0.25, -0.2) is 0 Å². The molecule has 0 aromatic rings. The summed E-state index contributed by atoms with van der Waals surface area (Å²) in [5, 5.41) is 0. The van der Waals surface area contributed by atoms with Gasteiger partial charge in [0.15, 0.2) is 6.10 Å². The van der Waals surface area contributed by atoms with E-state index in [2.05, 4.69) is 13.8 Å². The van der Waals surface area contributed by atoms with Crippen LogP contribution in [0.25, 0.3) is 0 Å². The predicted molar refractivity (Wildman–Crippen MR) is 134 cm³/mol. The van der Waals surface area contributed by atoms with Crippen LogP contribution in [-0.2, 0) is 28.1 Å². The van der Waals surface area contributed by atoms with Crippen LogP contribution in [0.3, 0.4) is 0 Å². The smallest absolute Gasteiger partial charge is 0.462 e. The van der Waals surface area contributed by atoms with Crippen LogP contribution in [0.4, 0.5) is 0 Å². The minimum atomic E-state index is -4.08. The van der Waals surface area contributed by atoms with Gasteiger partial charge in [-0.1, -0.05) is 65.2 Å². The number of ether oxygens (including phenoxy) is 2. The van der Waals surface area contributed by atoms with Crippen LogP contribution < -0.4 is 0 Å². The lowest BCUT2D eigenvalue weighted by atomic mass is 10.1. The molecule has 9 nitrogen and oxygen atoms in total. The molecule has 0 aromatic carbocycles. The molecule has 0 aliphatic carbocycles. The highest BCUT2D eigenvalue weighted by Crippen LogP contribution is 2.52. The molecule has 202 valence electrons. The Balaban J connectivity index is 4.61. The molecule has 0 amide bonds. The van der Waals surface area contributed by atoms with Crippen molar-refractivity contribution in [2.45, 2.75) is 97.0 Å². The maximum atomic E-state index is 12.2. The van der Waals surface area contributed by atoms with Gasteiger partial charge in [0.05, 0.1) is 21.1 Å². The van der Waals surface area contributed by atoms with Crippen LogP contribution in [0.2, 0.25) is 0 Å². The fourth-order valence-electron chi connectivity index (χ4n) is 3.02. The summed E-state index contributed by atoms with van der Waals surface area (Å²) in [4.78, 5) is 44.4. The highest BCUT2D eigenvalue weighted by Gasteiger charge is 2.41. The highest BCUT2D eigenvalue weighted by molar-refractivity contribution is 7.54. The third-order valence-electron chi connectivity index (χ3n) is 5.15. The lowest BCUT2D eigenvalue weighted by Gasteiger charge is -2.23. The van der Waals surface area contributed by atoms with E-state index in [9.17, 15) is 19.4 Å². The van der Waals surface area contributed by atoms with Gasteiger partial charge >= 0.3 is 20.1 Å². The average Bonchev–Trinajstić information content (AvgIpc) is 2.74. The summed E-state index contributed by atoms with van der Waals surface area (Å²) < 4.78 is 21.5. The molecule has 34 heavy (non-hydrogen) atoms. The number of quaternary nitrogens is 1. The maximum Gasteiger partial charge on any atom is 0.570 e. The number of unbranched alkanes of at least 4 members (excludes halogenated alkanes) is 8. The zero-order valence-corrected chi connectivity index (χ0v) is 23.0. The molecule has 0 aliphatic rings. The summed E-state index contributed by atoms with van der Waals surface area (Å²) in [6, 6.07) is 0. The summed E-state index contributed by atoms with van der Waals surface area (Å²) in [6.45, 7) is 4.37. The quantitative estimate of drug-likeness (QED) is 0.0942. The van der Waals surface area contributed by atoms with E-state index >= 15 is 0 Å². The monoisotopic (exact) mass is 511 g/mol. The SMILES string of the molecule is CCCCCCCC(=O)OC[C@H](CO[P+](O)(O)OCC[N+](C)(C)C)OC(=O)CCCCCCC. The Morgan fingerprint density at radius 1 is 0.765 bits per heavy atom. The van der Waals surface area contributed by atoms with E-state index in [0.717, 1.165) is 64.2 Å². The van der Waals surface area contributed by atoms with Crippen molar-refractivity contribution < 1.29 is 42.4 Å². The number of carbonyl (C=O) groups excluding carboxylic acids is 2. The Morgan fingerprint density at radius 2 is 1.29 bits per heavy atom. The molecule has 0 saturated heterocycles. The van der Waals surface area contributed by atoms with Crippen molar-refractivity contribution in [3.8, 4) is 0 Å². The molecular formula is C24H50NO8P+2. The van der Waals surface area contributed by atoms with E-state index in [1.165, 1.54) is 0 Å². The lowest BCUT2D eigenvalue weighted by molar-refractivity contribution is -0.870. The Morgan fingerprint density at radius 3 is 1.82 bits per heavy atom. The number of hydrogen-bond acceptors (Lipinski definition) is 8. The van der Waals surface area contributed by atoms with Crippen LogP contribution in [0.1, 0.15) is 90.9 Å². The minimum absolute atomic E-state index is 0.0967. The molecule has 10 heteroatoms. The van der Waals surface area contributed by atoms with Gasteiger partial charge in [-0.05, 0) is 12.8 Å². The second-order valence-electron chi connectivity index (χ2n) is 9.76. The molecule has 0 heterocycles. The molecule has 2 N–H and O–H groups in total. The summed E-state index contributed by atoms with van der Waals surface area (Å²) >= 11 is 0. The number of esters is 2. The zero-order chi connectivity index (χ0) is 25.9. The number of carbonyl (C=O) groups is 2. The first-order valence-electron chi connectivity index (χ1n) is 12.8. The standard InChI is InChI=1S/C24H50NO8P/c1-6-8-10-12-14-16-23(26)30-20-22(33-24(27)17-15-13-11-9-7-2)21-32-34(28,29)31-19-18-25(3,4)5/h22,28-29H,6-21H2,1-5H3/q+2/t22-/m1/s1. The first kappa shape index (κ1) is 33.2. The second-order valence-corrected chi connectivity index (χ2v) is 11.3. The van der Waals surface area contributed by atoms with Crippen LogP contribution in [0, 0.1) is 0 Å². The van der Waals surface area contributed by atoms with Crippen molar-refractivity contribution in [3.63, 3.8) is 0 Å². The van der Waals surface area contributed by atoms with E-state index in [0.29, 0.717) is 17.4 Å². The maximum absolute atomic E-state index is 12.2. The lowest BCUT2D eigenvalue weighted by Crippen LogP contribution is -2.37. The number of rotatable bonds is 22. The van der Waals surface area contributed by atoms with E-state index in [-0.39, 0.29) is 32.2 Å². The van der Waals surface area contributed by atoms with Crippen molar-refractivity contribution in [2.24, 2.45) is 0 Å². The summed E-state index contributed by atoms with van der Waals surface area (Å²) in [6.07, 6.45) is 9.68. The number of hydrogen-bond donors (Lipinski definition) is 2. The first-order chi connectivity index (χ1) is 16.0. The van der Waals surface area contributed by atoms with Crippen LogP contribution in [0.5, 0.6) is 0 Å². The molecule has 0 spiro atoms. The van der Waals surface area contributed by atoms with Crippen LogP contribution >= 0.6 is 8.17 Å². The molecule has 0 aromatic heterocycles. The summed E-state index contributed by atoms with van der Waals surface area (Å²) in [5.74, 6) is -0.795. The molecular weight excluding hydrogens is 461 g/mol. The Labute approximate surface area is 207 Å². The average molecular weight is 512 g/mol. The summed E-state index contributed by atoms with van der Waals surface area (Å²) in [5.41, 5.74) is 0. The van der Waals surface area contributed by atoms with E-state index in [1.807, 2.05) is 21.1 Å². The third-order valence-corrected chi connectivity index (χ3v) is 6.15. The fourth-order valence-corrected chi connectivity index (χ4v) is 3.77. The molecule has 0 aliphatic heterocycles.